The summed E-state index contributed by atoms with van der Waals surface area (Å²) in [6, 6.07) is 2.38. The number of nitriles is 1. The first-order chi connectivity index (χ1) is 38.8. The van der Waals surface area contributed by atoms with Gasteiger partial charge in [-0.1, -0.05) is 125 Å². The Labute approximate surface area is 524 Å². The van der Waals surface area contributed by atoms with Crippen LogP contribution in [0.1, 0.15) is 286 Å². The molecule has 4 aromatic carbocycles. The van der Waals surface area contributed by atoms with E-state index in [4.69, 9.17) is 28.0 Å². The number of aryl methyl sites for hydroxylation is 1. The van der Waals surface area contributed by atoms with Gasteiger partial charge in [-0.15, -0.1) is 0 Å². The first kappa shape index (κ1) is 73.5. The molecule has 0 aliphatic carbocycles. The second-order valence-electron chi connectivity index (χ2n) is 30.9. The maximum absolute atomic E-state index is 10.9. The van der Waals surface area contributed by atoms with E-state index >= 15 is 0 Å². The predicted molar refractivity (Wildman–Crippen MR) is 374 cm³/mol. The lowest BCUT2D eigenvalue weighted by Crippen LogP contribution is -2.25. The highest BCUT2D eigenvalue weighted by Crippen LogP contribution is 2.47. The third kappa shape index (κ3) is 15.2. The third-order valence-electron chi connectivity index (χ3n) is 18.2. The van der Waals surface area contributed by atoms with E-state index in [0.29, 0.717) is 5.95 Å². The zero-order valence-electron chi connectivity index (χ0n) is 60.6. The molecular weight excluding hydrogens is 1050 g/mol. The Morgan fingerprint density at radius 2 is 0.826 bits per heavy atom. The number of nitrogens with two attached hydrogens (primary N) is 2. The highest BCUT2D eigenvalue weighted by molar-refractivity contribution is 5.82. The van der Waals surface area contributed by atoms with Crippen molar-refractivity contribution in [2.75, 3.05) is 16.8 Å². The number of carbonyl (C=O) groups is 1. The molecule has 5 rings (SSSR count). The van der Waals surface area contributed by atoms with Gasteiger partial charge in [0, 0.05) is 34.9 Å². The summed E-state index contributed by atoms with van der Waals surface area (Å²) < 4.78 is 0. The summed E-state index contributed by atoms with van der Waals surface area (Å²) in [5.41, 5.74) is 48.3. The van der Waals surface area contributed by atoms with Gasteiger partial charge in [0.2, 0.25) is 12.4 Å². The van der Waals surface area contributed by atoms with E-state index in [1.807, 2.05) is 27.7 Å². The van der Waals surface area contributed by atoms with E-state index < -0.39 is 0 Å². The molecule has 9 nitrogen and oxygen atoms in total. The van der Waals surface area contributed by atoms with Gasteiger partial charge in [-0.2, -0.15) is 5.26 Å². The van der Waals surface area contributed by atoms with Gasteiger partial charge >= 0.3 is 0 Å². The fourth-order valence-electron chi connectivity index (χ4n) is 14.1. The van der Waals surface area contributed by atoms with Gasteiger partial charge in [-0.05, 0) is 278 Å². The van der Waals surface area contributed by atoms with Crippen molar-refractivity contribution in [3.63, 3.8) is 0 Å². The number of anilines is 4. The Balaban J connectivity index is 0.000000357. The van der Waals surface area contributed by atoms with Crippen LogP contribution < -0.4 is 22.1 Å². The summed E-state index contributed by atoms with van der Waals surface area (Å²) in [7, 11) is 0. The van der Waals surface area contributed by atoms with Gasteiger partial charge in [-0.3, -0.25) is 4.79 Å². The summed E-state index contributed by atoms with van der Waals surface area (Å²) >= 11 is 0. The molecule has 0 bridgehead atoms. The molecule has 5 aromatic rings. The molecule has 0 fully saturated rings. The van der Waals surface area contributed by atoms with Crippen LogP contribution in [-0.4, -0.2) is 16.4 Å². The van der Waals surface area contributed by atoms with Gasteiger partial charge < -0.3 is 22.1 Å². The van der Waals surface area contributed by atoms with Gasteiger partial charge in [0.15, 0.2) is 5.70 Å². The van der Waals surface area contributed by atoms with Crippen molar-refractivity contribution < 1.29 is 4.79 Å². The largest absolute Gasteiger partial charge is 0.398 e. The molecule has 1 aromatic heterocycles. The fraction of sp³-hybridized carbons (Fsp3) is 0.545. The van der Waals surface area contributed by atoms with Crippen molar-refractivity contribution in [2.45, 2.75) is 281 Å². The number of nitrogen functional groups attached to an aromatic ring is 2. The first-order valence-electron chi connectivity index (χ1n) is 30.9. The number of rotatable bonds is 8. The number of nitrogens with zero attached hydrogens (tertiary/aromatic N) is 4. The number of nitrogens with one attached hydrogen (secondary N) is 2. The van der Waals surface area contributed by atoms with Crippen molar-refractivity contribution in [2.24, 2.45) is 0 Å². The molecule has 0 saturated heterocycles. The summed E-state index contributed by atoms with van der Waals surface area (Å²) in [5.74, 6) is 0.609. The maximum atomic E-state index is 10.9. The Morgan fingerprint density at radius 3 is 1.13 bits per heavy atom. The fourth-order valence-corrected chi connectivity index (χ4v) is 14.1. The summed E-state index contributed by atoms with van der Waals surface area (Å²) in [4.78, 5) is 24.5. The smallest absolute Gasteiger partial charge is 0.227 e. The lowest BCUT2D eigenvalue weighted by Gasteiger charge is -2.35. The van der Waals surface area contributed by atoms with E-state index in [2.05, 4.69) is 236 Å². The topological polar surface area (TPSA) is 147 Å². The SMILES string of the molecule is C/C(NC=O)=C(/C)c1c(C)c(C(C)(C)C)c(N)c(C(C)(C)C)c1C.Cc1nc(Nc2c(C)c(C)c(C#N)c(C)c2C)nc(Cc2c(C(C)(C)C)c(C)c(C)c(C)c2C(C)(C)C)c1C.[C-]#[N+]/C(C)=C(\C)c1c(C)c(C(C)(C)C)c(N)c(C(C)(C)C)c1C. The van der Waals surface area contributed by atoms with Crippen LogP contribution in [0.4, 0.5) is 23.0 Å². The van der Waals surface area contributed by atoms with Crippen LogP contribution in [0.5, 0.6) is 0 Å². The summed E-state index contributed by atoms with van der Waals surface area (Å²) in [5, 5.41) is 16.0. The molecule has 1 heterocycles. The molecule has 0 saturated carbocycles. The minimum absolute atomic E-state index is 0.000696. The van der Waals surface area contributed by atoms with E-state index in [0.717, 1.165) is 97.2 Å². The van der Waals surface area contributed by atoms with Gasteiger partial charge in [-0.25, -0.2) is 14.8 Å². The number of aromatic nitrogens is 2. The number of allylic oxidation sites excluding steroid dienone is 4. The van der Waals surface area contributed by atoms with Gasteiger partial charge in [0.05, 0.1) is 23.9 Å². The molecule has 9 heteroatoms. The Bertz CT molecular complexity index is 3460. The third-order valence-corrected chi connectivity index (χ3v) is 18.2. The number of hydrogen-bond donors (Lipinski definition) is 4. The van der Waals surface area contributed by atoms with Crippen molar-refractivity contribution in [1.29, 1.82) is 5.26 Å². The normalized spacial score (nSPS) is 12.9. The number of amides is 1. The van der Waals surface area contributed by atoms with E-state index in [-0.39, 0.29) is 32.5 Å². The van der Waals surface area contributed by atoms with Crippen LogP contribution in [0.2, 0.25) is 0 Å². The van der Waals surface area contributed by atoms with Gasteiger partial charge in [0.1, 0.15) is 0 Å². The summed E-state index contributed by atoms with van der Waals surface area (Å²) in [6.07, 6.45) is 1.49. The molecule has 1 amide bonds. The molecule has 0 aliphatic heterocycles. The molecule has 0 atom stereocenters. The quantitative estimate of drug-likeness (QED) is 0.0687. The highest BCUT2D eigenvalue weighted by Gasteiger charge is 2.34. The van der Waals surface area contributed by atoms with E-state index in [1.165, 1.54) is 89.0 Å². The van der Waals surface area contributed by atoms with Crippen molar-refractivity contribution in [3.05, 3.63) is 157 Å². The minimum atomic E-state index is -0.0527. The first-order valence-corrected chi connectivity index (χ1v) is 30.9. The number of hydrogen-bond acceptors (Lipinski definition) is 7. The summed E-state index contributed by atoms with van der Waals surface area (Å²) in [6.45, 7) is 83.5. The van der Waals surface area contributed by atoms with E-state index in [9.17, 15) is 10.1 Å². The lowest BCUT2D eigenvalue weighted by atomic mass is 9.70. The molecule has 6 N–H and O–H groups in total. The number of carbonyl (C=O) groups excluding carboxylic acids is 1. The standard InChI is InChI=1S/C35H48N4.C21H34N2O.C21H32N2/c1-18-21(4)30(34(10,11)12)27(31(22(18)5)35(13,14)15)16-29-25(8)26(9)37-33(38-29)39-32-23(6)19(2)28(17-36)20(3)24(32)7;1-12(15(4)23-11-24)16-13(2)17(20(5,6)7)19(22)18(14(16)3)21(8,9)10;1-12(15(4)23-11)16-13(2)17(20(5,6)7)19(22)18(14(16)3)21(8,9)10/h16H2,1-15H3,(H,37,38,39);11H,22H2,1-10H3,(H,23,24);22H2,1-10H3/b;2*15-12+. The van der Waals surface area contributed by atoms with Crippen LogP contribution in [0.15, 0.2) is 11.4 Å². The molecule has 0 radical (unpaired) electrons. The van der Waals surface area contributed by atoms with Crippen LogP contribution in [0.3, 0.4) is 0 Å². The average molecular weight is 1170 g/mol. The Kier molecular flexibility index (Phi) is 22.5. The van der Waals surface area contributed by atoms with Crippen molar-refractivity contribution in [3.8, 4) is 6.07 Å². The number of benzene rings is 4. The molecule has 0 spiro atoms. The maximum Gasteiger partial charge on any atom is 0.227 e. The average Bonchev–Trinajstić information content (AvgIpc) is 1.08. The lowest BCUT2D eigenvalue weighted by molar-refractivity contribution is -0.108. The van der Waals surface area contributed by atoms with Crippen molar-refractivity contribution >= 4 is 40.6 Å². The second-order valence-corrected chi connectivity index (χ2v) is 30.9. The molecule has 0 unspecified atom stereocenters. The zero-order valence-corrected chi connectivity index (χ0v) is 60.6. The van der Waals surface area contributed by atoms with Crippen LogP contribution >= 0.6 is 0 Å². The molecule has 86 heavy (non-hydrogen) atoms. The zero-order chi connectivity index (χ0) is 67.1. The van der Waals surface area contributed by atoms with Gasteiger partial charge in [0.25, 0.3) is 0 Å². The van der Waals surface area contributed by atoms with Crippen LogP contribution in [-0.2, 0) is 43.7 Å². The Hall–Kier alpha value is -6.71. The van der Waals surface area contributed by atoms with Crippen LogP contribution in [0.25, 0.3) is 16.0 Å². The second kappa shape index (κ2) is 26.3. The minimum Gasteiger partial charge on any atom is -0.398 e. The Morgan fingerprint density at radius 1 is 0.488 bits per heavy atom. The highest BCUT2D eigenvalue weighted by atomic mass is 16.1. The van der Waals surface area contributed by atoms with Crippen molar-refractivity contribution in [1.82, 2.24) is 15.3 Å². The van der Waals surface area contributed by atoms with E-state index in [1.54, 1.807) is 0 Å². The monoisotopic (exact) mass is 1170 g/mol. The molecule has 468 valence electrons. The predicted octanol–water partition coefficient (Wildman–Crippen LogP) is 20.2. The molecule has 0 aliphatic rings. The molecular formula is C77H114N8O. The van der Waals surface area contributed by atoms with Crippen LogP contribution in [0, 0.1) is 108 Å².